The van der Waals surface area contributed by atoms with Gasteiger partial charge in [0.05, 0.1) is 6.61 Å². The van der Waals surface area contributed by atoms with Gasteiger partial charge in [-0.2, -0.15) is 0 Å². The van der Waals surface area contributed by atoms with Crippen molar-refractivity contribution in [2.45, 2.75) is 84.6 Å². The van der Waals surface area contributed by atoms with Crippen LogP contribution in [0.3, 0.4) is 0 Å². The summed E-state index contributed by atoms with van der Waals surface area (Å²) in [5.74, 6) is 0. The predicted octanol–water partition coefficient (Wildman–Crippen LogP) is 7.06. The molecule has 0 radical (unpaired) electrons. The third-order valence-corrected chi connectivity index (χ3v) is 6.65. The predicted molar refractivity (Wildman–Crippen MR) is 133 cm³/mol. The number of phosphoric acid groups is 1. The minimum absolute atomic E-state index is 0.0966. The van der Waals surface area contributed by atoms with Crippen molar-refractivity contribution in [1.29, 1.82) is 0 Å². The first kappa shape index (κ1) is 25.0. The van der Waals surface area contributed by atoms with Crippen molar-refractivity contribution in [3.63, 3.8) is 0 Å². The molecule has 0 atom stereocenters. The van der Waals surface area contributed by atoms with Crippen molar-refractivity contribution in [3.8, 4) is 0 Å². The highest BCUT2D eigenvalue weighted by Crippen LogP contribution is 2.37. The average molecular weight is 460 g/mol. The molecule has 0 spiro atoms. The number of hydrogen-bond donors (Lipinski definition) is 2. The lowest BCUT2D eigenvalue weighted by Gasteiger charge is -2.19. The first-order valence-corrected chi connectivity index (χ1v) is 13.1. The summed E-state index contributed by atoms with van der Waals surface area (Å²) >= 11 is 0. The van der Waals surface area contributed by atoms with Crippen LogP contribution in [0.15, 0.2) is 36.4 Å². The average Bonchev–Trinajstić information content (AvgIpc) is 2.97. The minimum Gasteiger partial charge on any atom is -0.340 e. The zero-order valence-corrected chi connectivity index (χ0v) is 21.2. The standard InChI is InChI=1S/C26H38NO4P/c1-25(2,3)19-11-13-23-21(17-19)22-18-20(26(4,5)6)12-14-24(22)27(23)15-9-7-8-10-16-31-32(28,29)30/h11-14,17-18H,7-10,15-16H2,1-6H3,(H2,28,29,30). The smallest absolute Gasteiger partial charge is 0.340 e. The van der Waals surface area contributed by atoms with E-state index in [9.17, 15) is 4.57 Å². The largest absolute Gasteiger partial charge is 0.469 e. The maximum absolute atomic E-state index is 10.8. The third kappa shape index (κ3) is 6.02. The molecule has 2 N–H and O–H groups in total. The van der Waals surface area contributed by atoms with E-state index in [1.807, 2.05) is 0 Å². The van der Waals surface area contributed by atoms with Crippen LogP contribution in [0.4, 0.5) is 0 Å². The summed E-state index contributed by atoms with van der Waals surface area (Å²) in [4.78, 5) is 17.5. The Morgan fingerprint density at radius 1 is 0.781 bits per heavy atom. The van der Waals surface area contributed by atoms with Crippen molar-refractivity contribution in [3.05, 3.63) is 47.5 Å². The maximum atomic E-state index is 10.8. The number of fused-ring (bicyclic) bond motifs is 3. The zero-order valence-electron chi connectivity index (χ0n) is 20.3. The number of phosphoric ester groups is 1. The van der Waals surface area contributed by atoms with Gasteiger partial charge in [-0.05, 0) is 59.1 Å². The van der Waals surface area contributed by atoms with Gasteiger partial charge >= 0.3 is 7.82 Å². The van der Waals surface area contributed by atoms with Crippen LogP contribution in [0.25, 0.3) is 21.8 Å². The molecular weight excluding hydrogens is 421 g/mol. The molecule has 0 aliphatic rings. The Kier molecular flexibility index (Phi) is 7.26. The number of aromatic nitrogens is 1. The van der Waals surface area contributed by atoms with Crippen molar-refractivity contribution >= 4 is 29.6 Å². The SMILES string of the molecule is CC(C)(C)c1ccc2c(c1)c1cc(C(C)(C)C)ccc1n2CCCCCCOP(=O)(O)O. The number of unbranched alkanes of at least 4 members (excludes halogenated alkanes) is 3. The van der Waals surface area contributed by atoms with Crippen LogP contribution < -0.4 is 0 Å². The summed E-state index contributed by atoms with van der Waals surface area (Å²) in [6.45, 7) is 14.5. The molecule has 3 aromatic rings. The van der Waals surface area contributed by atoms with Crippen molar-refractivity contribution < 1.29 is 18.9 Å². The van der Waals surface area contributed by atoms with Crippen LogP contribution in [0.1, 0.15) is 78.4 Å². The van der Waals surface area contributed by atoms with E-state index in [2.05, 4.69) is 87.0 Å². The van der Waals surface area contributed by atoms with Crippen molar-refractivity contribution in [2.24, 2.45) is 0 Å². The zero-order chi connectivity index (χ0) is 23.7. The molecule has 0 bridgehead atoms. The van der Waals surface area contributed by atoms with Gasteiger partial charge in [-0.3, -0.25) is 4.52 Å². The van der Waals surface area contributed by atoms with Gasteiger partial charge in [0.25, 0.3) is 0 Å². The van der Waals surface area contributed by atoms with Gasteiger partial charge in [0.15, 0.2) is 0 Å². The number of hydrogen-bond acceptors (Lipinski definition) is 2. The molecule has 0 aliphatic carbocycles. The molecule has 0 saturated heterocycles. The van der Waals surface area contributed by atoms with Gasteiger partial charge in [-0.15, -0.1) is 0 Å². The fourth-order valence-corrected chi connectivity index (χ4v) is 4.55. The van der Waals surface area contributed by atoms with Crippen LogP contribution in [0.5, 0.6) is 0 Å². The summed E-state index contributed by atoms with van der Waals surface area (Å²) in [5, 5.41) is 2.63. The highest BCUT2D eigenvalue weighted by molar-refractivity contribution is 7.46. The second kappa shape index (κ2) is 9.30. The van der Waals surface area contributed by atoms with Crippen molar-refractivity contribution in [2.75, 3.05) is 6.61 Å². The summed E-state index contributed by atoms with van der Waals surface area (Å²) < 4.78 is 17.7. The van der Waals surface area contributed by atoms with Crippen LogP contribution in [-0.4, -0.2) is 21.0 Å². The van der Waals surface area contributed by atoms with E-state index in [0.717, 1.165) is 25.8 Å². The molecule has 0 saturated carbocycles. The van der Waals surface area contributed by atoms with E-state index in [0.29, 0.717) is 6.42 Å². The highest BCUT2D eigenvalue weighted by atomic mass is 31.2. The van der Waals surface area contributed by atoms with E-state index in [-0.39, 0.29) is 17.4 Å². The van der Waals surface area contributed by atoms with E-state index in [1.165, 1.54) is 32.9 Å². The normalized spacial score (nSPS) is 13.4. The van der Waals surface area contributed by atoms with E-state index < -0.39 is 7.82 Å². The minimum atomic E-state index is -4.35. The first-order chi connectivity index (χ1) is 14.8. The van der Waals surface area contributed by atoms with Gasteiger partial charge in [-0.25, -0.2) is 4.57 Å². The fourth-order valence-electron chi connectivity index (χ4n) is 4.19. The lowest BCUT2D eigenvalue weighted by Crippen LogP contribution is -2.10. The Balaban J connectivity index is 1.87. The number of rotatable bonds is 8. The van der Waals surface area contributed by atoms with E-state index >= 15 is 0 Å². The second-order valence-corrected chi connectivity index (χ2v) is 12.1. The second-order valence-electron chi connectivity index (χ2n) is 10.9. The molecule has 0 fully saturated rings. The molecule has 1 aromatic heterocycles. The third-order valence-electron chi connectivity index (χ3n) is 6.13. The Morgan fingerprint density at radius 2 is 1.25 bits per heavy atom. The van der Waals surface area contributed by atoms with Gasteiger partial charge in [0.2, 0.25) is 0 Å². The fraction of sp³-hybridized carbons (Fsp3) is 0.538. The molecule has 1 heterocycles. The molecule has 0 amide bonds. The molecule has 32 heavy (non-hydrogen) atoms. The van der Waals surface area contributed by atoms with Gasteiger partial charge in [0, 0.05) is 28.4 Å². The molecule has 0 unspecified atom stereocenters. The van der Waals surface area contributed by atoms with Crippen LogP contribution in [0.2, 0.25) is 0 Å². The molecule has 2 aromatic carbocycles. The molecule has 3 rings (SSSR count). The van der Waals surface area contributed by atoms with Crippen molar-refractivity contribution in [1.82, 2.24) is 4.57 Å². The highest BCUT2D eigenvalue weighted by Gasteiger charge is 2.20. The Labute approximate surface area is 192 Å². The maximum Gasteiger partial charge on any atom is 0.469 e. The molecule has 5 nitrogen and oxygen atoms in total. The monoisotopic (exact) mass is 459 g/mol. The molecule has 0 aliphatic heterocycles. The van der Waals surface area contributed by atoms with E-state index in [4.69, 9.17) is 9.79 Å². The molecule has 6 heteroatoms. The number of nitrogens with zero attached hydrogens (tertiary/aromatic N) is 1. The number of benzene rings is 2. The van der Waals surface area contributed by atoms with Gasteiger partial charge in [-0.1, -0.05) is 66.5 Å². The van der Waals surface area contributed by atoms with E-state index in [1.54, 1.807) is 0 Å². The molecular formula is C26H38NO4P. The Hall–Kier alpha value is -1.65. The lowest BCUT2D eigenvalue weighted by atomic mass is 9.85. The number of aryl methyl sites for hydroxylation is 1. The Morgan fingerprint density at radius 3 is 1.69 bits per heavy atom. The van der Waals surface area contributed by atoms with Crippen LogP contribution in [-0.2, 0) is 26.5 Å². The first-order valence-electron chi connectivity index (χ1n) is 11.5. The quantitative estimate of drug-likeness (QED) is 0.279. The molecule has 176 valence electrons. The van der Waals surface area contributed by atoms with Crippen LogP contribution >= 0.6 is 7.82 Å². The summed E-state index contributed by atoms with van der Waals surface area (Å²) in [5.41, 5.74) is 5.41. The van der Waals surface area contributed by atoms with Gasteiger partial charge in [0.1, 0.15) is 0 Å². The summed E-state index contributed by atoms with van der Waals surface area (Å²) in [6.07, 6.45) is 3.55. The topological polar surface area (TPSA) is 71.7 Å². The lowest BCUT2D eigenvalue weighted by molar-refractivity contribution is 0.193. The summed E-state index contributed by atoms with van der Waals surface area (Å²) in [6, 6.07) is 13.8. The van der Waals surface area contributed by atoms with Crippen LogP contribution in [0, 0.1) is 0 Å². The summed E-state index contributed by atoms with van der Waals surface area (Å²) in [7, 11) is -4.35. The Bertz CT molecular complexity index is 1060. The van der Waals surface area contributed by atoms with Gasteiger partial charge < -0.3 is 14.4 Å².